The van der Waals surface area contributed by atoms with Gasteiger partial charge >= 0.3 is 0 Å². The van der Waals surface area contributed by atoms with Gasteiger partial charge in [-0.3, -0.25) is 4.21 Å². The minimum Gasteiger partial charge on any atom is -0.772 e. The molecular formula is C8H5FNO2S-. The molecule has 0 saturated heterocycles. The smallest absolute Gasteiger partial charge is 0.141 e. The molecule has 1 unspecified atom stereocenters. The van der Waals surface area contributed by atoms with Crippen LogP contribution in [-0.2, 0) is 16.8 Å². The zero-order valence-corrected chi connectivity index (χ0v) is 7.31. The van der Waals surface area contributed by atoms with Gasteiger partial charge in [-0.1, -0.05) is 17.1 Å². The maximum Gasteiger partial charge on any atom is 0.141 e. The summed E-state index contributed by atoms with van der Waals surface area (Å²) in [5.74, 6) is -0.923. The van der Waals surface area contributed by atoms with Gasteiger partial charge in [0.15, 0.2) is 0 Å². The fraction of sp³-hybridized carbons (Fsp3) is 0.125. The molecule has 0 fully saturated rings. The predicted molar refractivity (Wildman–Crippen MR) is 43.7 cm³/mol. The number of hydrogen-bond donors (Lipinski definition) is 0. The lowest BCUT2D eigenvalue weighted by molar-refractivity contribution is 0.536. The van der Waals surface area contributed by atoms with Crippen molar-refractivity contribution in [1.29, 1.82) is 5.26 Å². The monoisotopic (exact) mass is 198 g/mol. The number of nitrogens with zero attached hydrogens (tertiary/aromatic N) is 1. The van der Waals surface area contributed by atoms with Crippen LogP contribution < -0.4 is 0 Å². The Morgan fingerprint density at radius 1 is 1.62 bits per heavy atom. The molecule has 0 spiro atoms. The van der Waals surface area contributed by atoms with Crippen LogP contribution in [0.25, 0.3) is 0 Å². The molecule has 1 aromatic rings. The molecule has 68 valence electrons. The minimum absolute atomic E-state index is 0.0829. The molecule has 0 aliphatic rings. The van der Waals surface area contributed by atoms with Crippen molar-refractivity contribution in [2.24, 2.45) is 0 Å². The van der Waals surface area contributed by atoms with Gasteiger partial charge in [-0.05, 0) is 17.7 Å². The standard InChI is InChI=1S/C8H6FNO2S/c9-8-3-6(5-13(11)12)1-2-7(8)4-10/h1-3H,5H2,(H,11,12)/p-1. The molecule has 1 rings (SSSR count). The zero-order valence-electron chi connectivity index (χ0n) is 6.49. The molecule has 0 saturated carbocycles. The number of halogens is 1. The van der Waals surface area contributed by atoms with Gasteiger partial charge in [0, 0.05) is 5.75 Å². The Balaban J connectivity index is 2.97. The largest absolute Gasteiger partial charge is 0.772 e. The molecule has 13 heavy (non-hydrogen) atoms. The lowest BCUT2D eigenvalue weighted by atomic mass is 10.1. The molecule has 1 aromatic carbocycles. The van der Waals surface area contributed by atoms with Gasteiger partial charge in [-0.25, -0.2) is 4.39 Å². The highest BCUT2D eigenvalue weighted by Gasteiger charge is 2.01. The van der Waals surface area contributed by atoms with Crippen LogP contribution in [0, 0.1) is 17.1 Å². The van der Waals surface area contributed by atoms with Gasteiger partial charge in [0.25, 0.3) is 0 Å². The van der Waals surface area contributed by atoms with Gasteiger partial charge in [0.05, 0.1) is 5.56 Å². The van der Waals surface area contributed by atoms with E-state index >= 15 is 0 Å². The summed E-state index contributed by atoms with van der Waals surface area (Å²) >= 11 is -2.23. The third kappa shape index (κ3) is 2.61. The van der Waals surface area contributed by atoms with Crippen LogP contribution in [0.2, 0.25) is 0 Å². The van der Waals surface area contributed by atoms with E-state index in [2.05, 4.69) is 0 Å². The van der Waals surface area contributed by atoms with Crippen LogP contribution in [0.5, 0.6) is 0 Å². The predicted octanol–water partition coefficient (Wildman–Crippen LogP) is 1.08. The second-order valence-electron chi connectivity index (χ2n) is 2.37. The summed E-state index contributed by atoms with van der Waals surface area (Å²) in [6.45, 7) is 0. The third-order valence-corrected chi connectivity index (χ3v) is 2.01. The summed E-state index contributed by atoms with van der Waals surface area (Å²) in [5.41, 5.74) is 0.255. The molecule has 0 N–H and O–H groups in total. The first-order valence-electron chi connectivity index (χ1n) is 3.38. The molecule has 3 nitrogen and oxygen atoms in total. The summed E-state index contributed by atoms with van der Waals surface area (Å²) in [6, 6.07) is 5.37. The average Bonchev–Trinajstić information content (AvgIpc) is 2.03. The van der Waals surface area contributed by atoms with Crippen LogP contribution in [-0.4, -0.2) is 8.76 Å². The highest BCUT2D eigenvalue weighted by molar-refractivity contribution is 7.78. The molecule has 0 heterocycles. The molecule has 0 aliphatic carbocycles. The summed E-state index contributed by atoms with van der Waals surface area (Å²) in [5, 5.41) is 8.38. The molecule has 5 heteroatoms. The first-order valence-corrected chi connectivity index (χ1v) is 4.62. The normalized spacial score (nSPS) is 12.1. The molecule has 0 radical (unpaired) electrons. The van der Waals surface area contributed by atoms with Crippen LogP contribution in [0.1, 0.15) is 11.1 Å². The van der Waals surface area contributed by atoms with Crippen LogP contribution in [0.3, 0.4) is 0 Å². The van der Waals surface area contributed by atoms with Crippen molar-refractivity contribution in [1.82, 2.24) is 0 Å². The molecular weight excluding hydrogens is 193 g/mol. The second-order valence-corrected chi connectivity index (χ2v) is 3.27. The Morgan fingerprint density at radius 2 is 2.31 bits per heavy atom. The van der Waals surface area contributed by atoms with Gasteiger partial charge in [-0.2, -0.15) is 5.26 Å². The van der Waals surface area contributed by atoms with Crippen LogP contribution in [0.15, 0.2) is 18.2 Å². The number of nitriles is 1. The summed E-state index contributed by atoms with van der Waals surface area (Å²) < 4.78 is 33.4. The van der Waals surface area contributed by atoms with Gasteiger partial charge < -0.3 is 4.55 Å². The minimum atomic E-state index is -2.23. The highest BCUT2D eigenvalue weighted by Crippen LogP contribution is 2.10. The molecule has 0 aliphatic heterocycles. The van der Waals surface area contributed by atoms with Crippen LogP contribution >= 0.6 is 0 Å². The first-order chi connectivity index (χ1) is 6.13. The first kappa shape index (κ1) is 9.84. The van der Waals surface area contributed by atoms with Gasteiger partial charge in [0.1, 0.15) is 11.9 Å². The Bertz CT molecular complexity index is 386. The Hall–Kier alpha value is -1.25. The van der Waals surface area contributed by atoms with E-state index in [1.807, 2.05) is 0 Å². The van der Waals surface area contributed by atoms with E-state index in [1.165, 1.54) is 12.1 Å². The second kappa shape index (κ2) is 4.12. The van der Waals surface area contributed by atoms with Gasteiger partial charge in [-0.15, -0.1) is 0 Å². The SMILES string of the molecule is N#Cc1ccc(CS(=O)[O-])cc1F. The Morgan fingerprint density at radius 3 is 2.77 bits per heavy atom. The summed E-state index contributed by atoms with van der Waals surface area (Å²) in [6.07, 6.45) is 0. The number of hydrogen-bond acceptors (Lipinski definition) is 3. The van der Waals surface area contributed by atoms with Gasteiger partial charge in [0.2, 0.25) is 0 Å². The zero-order chi connectivity index (χ0) is 9.84. The molecule has 1 atom stereocenters. The fourth-order valence-electron chi connectivity index (χ4n) is 0.875. The van der Waals surface area contributed by atoms with Crippen molar-refractivity contribution in [3.05, 3.63) is 35.1 Å². The topological polar surface area (TPSA) is 63.9 Å². The van der Waals surface area contributed by atoms with Crippen molar-refractivity contribution >= 4 is 11.1 Å². The maximum absolute atomic E-state index is 12.9. The lowest BCUT2D eigenvalue weighted by Gasteiger charge is -2.04. The van der Waals surface area contributed by atoms with E-state index in [0.717, 1.165) is 6.07 Å². The number of benzene rings is 1. The van der Waals surface area contributed by atoms with E-state index in [0.29, 0.717) is 5.56 Å². The van der Waals surface area contributed by atoms with Crippen molar-refractivity contribution in [3.63, 3.8) is 0 Å². The molecule has 0 amide bonds. The van der Waals surface area contributed by atoms with Crippen molar-refractivity contribution in [2.45, 2.75) is 5.75 Å². The summed E-state index contributed by atoms with van der Waals surface area (Å²) in [4.78, 5) is 0. The summed E-state index contributed by atoms with van der Waals surface area (Å²) in [7, 11) is 0. The van der Waals surface area contributed by atoms with Crippen molar-refractivity contribution < 1.29 is 13.2 Å². The number of rotatable bonds is 2. The van der Waals surface area contributed by atoms with E-state index in [9.17, 15) is 13.2 Å². The average molecular weight is 198 g/mol. The Labute approximate surface area is 77.1 Å². The van der Waals surface area contributed by atoms with E-state index in [1.54, 1.807) is 6.07 Å². The van der Waals surface area contributed by atoms with Crippen LogP contribution in [0.4, 0.5) is 4.39 Å². The van der Waals surface area contributed by atoms with E-state index in [4.69, 9.17) is 5.26 Å². The third-order valence-electron chi connectivity index (χ3n) is 1.44. The molecule has 0 aromatic heterocycles. The van der Waals surface area contributed by atoms with Crippen molar-refractivity contribution in [3.8, 4) is 6.07 Å². The van der Waals surface area contributed by atoms with E-state index in [-0.39, 0.29) is 11.3 Å². The highest BCUT2D eigenvalue weighted by atomic mass is 32.2. The quantitative estimate of drug-likeness (QED) is 0.668. The van der Waals surface area contributed by atoms with E-state index < -0.39 is 16.9 Å². The fourth-order valence-corrected chi connectivity index (χ4v) is 1.33. The molecule has 0 bridgehead atoms. The maximum atomic E-state index is 12.9. The Kier molecular flexibility index (Phi) is 3.12. The lowest BCUT2D eigenvalue weighted by Crippen LogP contribution is -1.95. The van der Waals surface area contributed by atoms with Crippen molar-refractivity contribution in [2.75, 3.05) is 0 Å².